The molecular weight excluding hydrogens is 447 g/mol. The second-order valence-electron chi connectivity index (χ2n) is 6.23. The molecule has 0 radical (unpaired) electrons. The van der Waals surface area contributed by atoms with E-state index in [4.69, 9.17) is 20.8 Å². The second kappa shape index (κ2) is 9.07. The van der Waals surface area contributed by atoms with Crippen LogP contribution in [0.4, 0.5) is 9.52 Å². The minimum atomic E-state index is -0.314. The summed E-state index contributed by atoms with van der Waals surface area (Å²) in [4.78, 5) is 20.1. The Labute approximate surface area is 185 Å². The first kappa shape index (κ1) is 20.7. The number of ether oxygens (including phenoxy) is 1. The number of methoxy groups -OCH3 is 1. The van der Waals surface area contributed by atoms with E-state index >= 15 is 0 Å². The maximum Gasteiger partial charge on any atom is 0.239 e. The van der Waals surface area contributed by atoms with Gasteiger partial charge in [0.25, 0.3) is 0 Å². The molecule has 30 heavy (non-hydrogen) atoms. The Bertz CT molecular complexity index is 1160. The molecule has 0 fully saturated rings. The van der Waals surface area contributed by atoms with Gasteiger partial charge in [-0.3, -0.25) is 9.69 Å². The maximum atomic E-state index is 13.1. The highest BCUT2D eigenvalue weighted by molar-refractivity contribution is 8.00. The number of fused-ring (bicyclic) bond motifs is 1. The number of nitrogens with zero attached hydrogens (tertiary/aromatic N) is 2. The topological polar surface area (TPSA) is 55.6 Å². The summed E-state index contributed by atoms with van der Waals surface area (Å²) in [6.45, 7) is 0.232. The summed E-state index contributed by atoms with van der Waals surface area (Å²) in [5.74, 6) is 0.906. The van der Waals surface area contributed by atoms with Gasteiger partial charge in [0, 0.05) is 4.90 Å². The van der Waals surface area contributed by atoms with Crippen LogP contribution in [-0.2, 0) is 11.3 Å². The van der Waals surface area contributed by atoms with E-state index in [1.807, 2.05) is 0 Å². The number of furan rings is 1. The molecule has 2 aromatic carbocycles. The Morgan fingerprint density at radius 2 is 2.07 bits per heavy atom. The molecular formula is C21H16ClFN2O3S2. The quantitative estimate of drug-likeness (QED) is 0.314. The number of amides is 1. The van der Waals surface area contributed by atoms with Crippen molar-refractivity contribution in [2.45, 2.75) is 11.4 Å². The molecule has 2 heterocycles. The molecule has 1 amide bonds. The number of benzene rings is 2. The Hall–Kier alpha value is -2.55. The largest absolute Gasteiger partial charge is 0.494 e. The van der Waals surface area contributed by atoms with Crippen LogP contribution in [-0.4, -0.2) is 23.8 Å². The van der Waals surface area contributed by atoms with E-state index < -0.39 is 0 Å². The summed E-state index contributed by atoms with van der Waals surface area (Å²) < 4.78 is 24.7. The monoisotopic (exact) mass is 462 g/mol. The molecule has 4 rings (SSSR count). The van der Waals surface area contributed by atoms with Crippen molar-refractivity contribution in [3.05, 3.63) is 71.4 Å². The highest BCUT2D eigenvalue weighted by Gasteiger charge is 2.23. The molecule has 0 bridgehead atoms. The van der Waals surface area contributed by atoms with E-state index in [1.54, 1.807) is 54.7 Å². The third-order valence-electron chi connectivity index (χ3n) is 4.27. The summed E-state index contributed by atoms with van der Waals surface area (Å²) in [6.07, 6.45) is 1.56. The molecule has 0 saturated carbocycles. The molecule has 0 atom stereocenters. The Morgan fingerprint density at radius 3 is 2.77 bits per heavy atom. The van der Waals surface area contributed by atoms with E-state index in [1.165, 1.54) is 35.2 Å². The predicted molar refractivity (Wildman–Crippen MR) is 118 cm³/mol. The first-order valence-electron chi connectivity index (χ1n) is 8.89. The lowest BCUT2D eigenvalue weighted by Crippen LogP contribution is -2.31. The van der Waals surface area contributed by atoms with Gasteiger partial charge < -0.3 is 9.15 Å². The van der Waals surface area contributed by atoms with Gasteiger partial charge in [-0.15, -0.1) is 11.8 Å². The summed E-state index contributed by atoms with van der Waals surface area (Å²) in [5, 5.41) is 1.04. The van der Waals surface area contributed by atoms with Crippen molar-refractivity contribution in [1.82, 2.24) is 4.98 Å². The minimum Gasteiger partial charge on any atom is -0.494 e. The lowest BCUT2D eigenvalue weighted by molar-refractivity contribution is -0.116. The molecule has 5 nitrogen and oxygen atoms in total. The van der Waals surface area contributed by atoms with Crippen molar-refractivity contribution in [1.29, 1.82) is 0 Å². The molecule has 4 aromatic rings. The average Bonchev–Trinajstić information content (AvgIpc) is 3.42. The van der Waals surface area contributed by atoms with Crippen LogP contribution >= 0.6 is 34.7 Å². The Kier molecular flexibility index (Phi) is 6.26. The van der Waals surface area contributed by atoms with E-state index in [-0.39, 0.29) is 24.0 Å². The molecule has 9 heteroatoms. The van der Waals surface area contributed by atoms with Gasteiger partial charge in [-0.25, -0.2) is 9.37 Å². The number of anilines is 1. The van der Waals surface area contributed by atoms with Crippen molar-refractivity contribution in [2.75, 3.05) is 17.8 Å². The molecule has 0 saturated heterocycles. The zero-order chi connectivity index (χ0) is 21.1. The zero-order valence-electron chi connectivity index (χ0n) is 15.8. The number of hydrogen-bond acceptors (Lipinski definition) is 6. The molecule has 0 aliphatic rings. The number of aromatic nitrogens is 1. The number of carbonyl (C=O) groups excluding carboxylic acids is 1. The van der Waals surface area contributed by atoms with Gasteiger partial charge in [-0.1, -0.05) is 22.9 Å². The fourth-order valence-corrected chi connectivity index (χ4v) is 4.84. The number of thioether (sulfide) groups is 1. The van der Waals surface area contributed by atoms with Gasteiger partial charge in [0.05, 0.1) is 35.4 Å². The number of rotatable bonds is 7. The van der Waals surface area contributed by atoms with Crippen molar-refractivity contribution in [2.24, 2.45) is 0 Å². The van der Waals surface area contributed by atoms with Crippen LogP contribution in [0.3, 0.4) is 0 Å². The number of hydrogen-bond donors (Lipinski definition) is 0. The standard InChI is InChI=1S/C21H16ClFN2O3S2/c1-27-17-9-8-16(22)20-19(17)24-21(30-20)25(11-14-3-2-10-28-14)18(26)12-29-15-6-4-13(23)5-7-15/h2-10H,11-12H2,1H3. The van der Waals surface area contributed by atoms with Crippen LogP contribution in [0.5, 0.6) is 5.75 Å². The lowest BCUT2D eigenvalue weighted by atomic mass is 10.3. The SMILES string of the molecule is COc1ccc(Cl)c2sc(N(Cc3ccco3)C(=O)CSc3ccc(F)cc3)nc12. The van der Waals surface area contributed by atoms with Crippen molar-refractivity contribution in [3.63, 3.8) is 0 Å². The van der Waals surface area contributed by atoms with Crippen LogP contribution < -0.4 is 9.64 Å². The zero-order valence-corrected chi connectivity index (χ0v) is 18.2. The summed E-state index contributed by atoms with van der Waals surface area (Å²) in [7, 11) is 1.56. The predicted octanol–water partition coefficient (Wildman–Crippen LogP) is 6.02. The van der Waals surface area contributed by atoms with Crippen molar-refractivity contribution >= 4 is 56.0 Å². The average molecular weight is 463 g/mol. The molecule has 0 N–H and O–H groups in total. The van der Waals surface area contributed by atoms with Gasteiger partial charge >= 0.3 is 0 Å². The van der Waals surface area contributed by atoms with Gasteiger partial charge in [0.15, 0.2) is 5.13 Å². The maximum absolute atomic E-state index is 13.1. The van der Waals surface area contributed by atoms with Gasteiger partial charge in [0.1, 0.15) is 22.8 Å². The van der Waals surface area contributed by atoms with Crippen LogP contribution in [0.1, 0.15) is 5.76 Å². The summed E-state index contributed by atoms with van der Waals surface area (Å²) in [5.41, 5.74) is 0.605. The Balaban J connectivity index is 1.64. The fourth-order valence-electron chi connectivity index (χ4n) is 2.80. The van der Waals surface area contributed by atoms with E-state index in [0.29, 0.717) is 27.2 Å². The number of carbonyl (C=O) groups is 1. The van der Waals surface area contributed by atoms with Gasteiger partial charge in [-0.05, 0) is 48.5 Å². The number of halogens is 2. The summed E-state index contributed by atoms with van der Waals surface area (Å²) >= 11 is 8.98. The first-order chi connectivity index (χ1) is 14.5. The van der Waals surface area contributed by atoms with Crippen molar-refractivity contribution < 1.29 is 18.3 Å². The third-order valence-corrected chi connectivity index (χ3v) is 6.80. The fraction of sp³-hybridized carbons (Fsp3) is 0.143. The van der Waals surface area contributed by atoms with Gasteiger partial charge in [0.2, 0.25) is 5.91 Å². The van der Waals surface area contributed by atoms with Crippen LogP contribution in [0.25, 0.3) is 10.2 Å². The smallest absolute Gasteiger partial charge is 0.239 e. The molecule has 0 aliphatic carbocycles. The lowest BCUT2D eigenvalue weighted by Gasteiger charge is -2.18. The van der Waals surface area contributed by atoms with Crippen molar-refractivity contribution in [3.8, 4) is 5.75 Å². The third kappa shape index (κ3) is 4.45. The summed E-state index contributed by atoms with van der Waals surface area (Å²) in [6, 6.07) is 13.1. The normalized spacial score (nSPS) is 11.0. The van der Waals surface area contributed by atoms with E-state index in [2.05, 4.69) is 4.98 Å². The first-order valence-corrected chi connectivity index (χ1v) is 11.1. The van der Waals surface area contributed by atoms with Gasteiger partial charge in [-0.2, -0.15) is 0 Å². The molecule has 154 valence electrons. The molecule has 0 aliphatic heterocycles. The highest BCUT2D eigenvalue weighted by Crippen LogP contribution is 2.39. The van der Waals surface area contributed by atoms with Crippen LogP contribution in [0, 0.1) is 5.82 Å². The van der Waals surface area contributed by atoms with Crippen LogP contribution in [0.2, 0.25) is 5.02 Å². The molecule has 2 aromatic heterocycles. The van der Waals surface area contributed by atoms with Crippen LogP contribution in [0.15, 0.2) is 64.1 Å². The molecule has 0 unspecified atom stereocenters. The second-order valence-corrected chi connectivity index (χ2v) is 8.66. The highest BCUT2D eigenvalue weighted by atomic mass is 35.5. The van der Waals surface area contributed by atoms with E-state index in [9.17, 15) is 9.18 Å². The Morgan fingerprint density at radius 1 is 1.27 bits per heavy atom. The van der Waals surface area contributed by atoms with E-state index in [0.717, 1.165) is 9.60 Å². The molecule has 0 spiro atoms. The minimum absolute atomic E-state index is 0.158. The number of thiazole rings is 1.